The van der Waals surface area contributed by atoms with Gasteiger partial charge in [0.15, 0.2) is 6.23 Å². The van der Waals surface area contributed by atoms with Crippen molar-refractivity contribution in [3.63, 3.8) is 0 Å². The first kappa shape index (κ1) is 16.4. The van der Waals surface area contributed by atoms with Gasteiger partial charge in [0, 0.05) is 17.0 Å². The molecule has 1 unspecified atom stereocenters. The predicted octanol–water partition coefficient (Wildman–Crippen LogP) is 3.97. The molecule has 124 valence electrons. The summed E-state index contributed by atoms with van der Waals surface area (Å²) in [5.41, 5.74) is 0.892. The maximum Gasteiger partial charge on any atom is 0.288 e. The van der Waals surface area contributed by atoms with Crippen molar-refractivity contribution in [2.24, 2.45) is 0 Å². The molecule has 1 aliphatic rings. The first-order valence-electron chi connectivity index (χ1n) is 7.35. The van der Waals surface area contributed by atoms with Gasteiger partial charge in [0.05, 0.1) is 7.11 Å². The van der Waals surface area contributed by atoms with Crippen LogP contribution in [0.25, 0.3) is 17.4 Å². The standard InChI is InChI=1S/C18H17NO4S/c1-3-9-19-17(20)16(24-18(19)21)11-14-7-8-15(23-14)12-5-4-6-13(10-12)22-2/h3-8,10-11,17,20H,1,9H2,2H3. The van der Waals surface area contributed by atoms with Crippen LogP contribution in [0, 0.1) is 0 Å². The highest BCUT2D eigenvalue weighted by molar-refractivity contribution is 8.17. The van der Waals surface area contributed by atoms with Crippen LogP contribution in [0.2, 0.25) is 0 Å². The summed E-state index contributed by atoms with van der Waals surface area (Å²) in [6.45, 7) is 3.89. The molecule has 1 aromatic carbocycles. The highest BCUT2D eigenvalue weighted by Gasteiger charge is 2.34. The number of nitrogens with zero attached hydrogens (tertiary/aromatic N) is 1. The van der Waals surface area contributed by atoms with E-state index < -0.39 is 6.23 Å². The Bertz CT molecular complexity index is 796. The molecule has 1 N–H and O–H groups in total. The van der Waals surface area contributed by atoms with Crippen LogP contribution in [0.1, 0.15) is 5.76 Å². The molecule has 1 aromatic heterocycles. The average Bonchev–Trinajstić information content (AvgIpc) is 3.16. The van der Waals surface area contributed by atoms with Crippen LogP contribution >= 0.6 is 11.8 Å². The van der Waals surface area contributed by atoms with Gasteiger partial charge in [0.2, 0.25) is 0 Å². The molecule has 1 aliphatic heterocycles. The molecule has 1 fully saturated rings. The molecule has 6 heteroatoms. The SMILES string of the molecule is C=CCN1C(=O)SC(=Cc2ccc(-c3cccc(OC)c3)o2)C1O. The second kappa shape index (κ2) is 6.98. The Morgan fingerprint density at radius 3 is 3.00 bits per heavy atom. The number of carbonyl (C=O) groups excluding carboxylic acids is 1. The molecule has 0 spiro atoms. The number of aliphatic hydroxyl groups excluding tert-OH is 1. The van der Waals surface area contributed by atoms with Crippen LogP contribution in [0.3, 0.4) is 0 Å². The second-order valence-electron chi connectivity index (χ2n) is 5.16. The van der Waals surface area contributed by atoms with E-state index >= 15 is 0 Å². The van der Waals surface area contributed by atoms with Crippen molar-refractivity contribution in [1.29, 1.82) is 0 Å². The van der Waals surface area contributed by atoms with Crippen molar-refractivity contribution >= 4 is 23.1 Å². The Kier molecular flexibility index (Phi) is 4.78. The molecule has 2 heterocycles. The van der Waals surface area contributed by atoms with E-state index in [4.69, 9.17) is 9.15 Å². The number of furan rings is 1. The zero-order valence-electron chi connectivity index (χ0n) is 13.1. The summed E-state index contributed by atoms with van der Waals surface area (Å²) in [4.78, 5) is 13.7. The van der Waals surface area contributed by atoms with E-state index in [9.17, 15) is 9.90 Å². The van der Waals surface area contributed by atoms with E-state index in [0.29, 0.717) is 23.0 Å². The third kappa shape index (κ3) is 3.25. The number of thioether (sulfide) groups is 1. The summed E-state index contributed by atoms with van der Waals surface area (Å²) in [5, 5.41) is 10.0. The maximum atomic E-state index is 11.9. The van der Waals surface area contributed by atoms with Crippen molar-refractivity contribution in [1.82, 2.24) is 4.90 Å². The molecule has 0 saturated carbocycles. The van der Waals surface area contributed by atoms with Gasteiger partial charge in [-0.25, -0.2) is 0 Å². The minimum Gasteiger partial charge on any atom is -0.497 e. The molecular weight excluding hydrogens is 326 g/mol. The number of hydrogen-bond acceptors (Lipinski definition) is 5. The zero-order chi connectivity index (χ0) is 17.1. The fourth-order valence-corrected chi connectivity index (χ4v) is 3.29. The number of benzene rings is 1. The van der Waals surface area contributed by atoms with Crippen LogP contribution in [0.15, 0.2) is 58.4 Å². The third-order valence-corrected chi connectivity index (χ3v) is 4.55. The molecule has 1 saturated heterocycles. The van der Waals surface area contributed by atoms with Gasteiger partial charge in [0.1, 0.15) is 17.3 Å². The van der Waals surface area contributed by atoms with Crippen LogP contribution in [0.5, 0.6) is 5.75 Å². The fourth-order valence-electron chi connectivity index (χ4n) is 2.39. The largest absolute Gasteiger partial charge is 0.497 e. The van der Waals surface area contributed by atoms with E-state index in [1.54, 1.807) is 25.3 Å². The zero-order valence-corrected chi connectivity index (χ0v) is 14.0. The quantitative estimate of drug-likeness (QED) is 0.832. The van der Waals surface area contributed by atoms with Gasteiger partial charge in [-0.2, -0.15) is 0 Å². The monoisotopic (exact) mass is 343 g/mol. The molecule has 3 rings (SSSR count). The summed E-state index contributed by atoms with van der Waals surface area (Å²) >= 11 is 0.998. The van der Waals surface area contributed by atoms with Gasteiger partial charge in [-0.3, -0.25) is 9.69 Å². The van der Waals surface area contributed by atoms with Gasteiger partial charge in [-0.05, 0) is 42.1 Å². The number of carbonyl (C=O) groups is 1. The van der Waals surface area contributed by atoms with E-state index in [2.05, 4.69) is 6.58 Å². The Morgan fingerprint density at radius 2 is 2.25 bits per heavy atom. The third-order valence-electron chi connectivity index (χ3n) is 3.58. The van der Waals surface area contributed by atoms with E-state index in [-0.39, 0.29) is 5.24 Å². The van der Waals surface area contributed by atoms with E-state index in [1.165, 1.54) is 4.90 Å². The molecule has 0 radical (unpaired) electrons. The second-order valence-corrected chi connectivity index (χ2v) is 6.19. The Labute approximate surface area is 144 Å². The summed E-state index contributed by atoms with van der Waals surface area (Å²) in [6.07, 6.45) is 2.30. The van der Waals surface area contributed by atoms with Crippen molar-refractivity contribution in [2.75, 3.05) is 13.7 Å². The van der Waals surface area contributed by atoms with Gasteiger partial charge in [-0.1, -0.05) is 18.2 Å². The van der Waals surface area contributed by atoms with E-state index in [0.717, 1.165) is 23.1 Å². The number of methoxy groups -OCH3 is 1. The number of aliphatic hydroxyl groups is 1. The lowest BCUT2D eigenvalue weighted by molar-refractivity contribution is 0.0892. The molecule has 1 atom stereocenters. The summed E-state index contributed by atoms with van der Waals surface area (Å²) < 4.78 is 11.0. The van der Waals surface area contributed by atoms with Crippen molar-refractivity contribution in [3.05, 3.63) is 59.7 Å². The van der Waals surface area contributed by atoms with Crippen LogP contribution < -0.4 is 4.74 Å². The summed E-state index contributed by atoms with van der Waals surface area (Å²) in [7, 11) is 1.61. The lowest BCUT2D eigenvalue weighted by Crippen LogP contribution is -2.32. The van der Waals surface area contributed by atoms with E-state index in [1.807, 2.05) is 30.3 Å². The Morgan fingerprint density at radius 1 is 1.42 bits per heavy atom. The minimum atomic E-state index is -0.967. The first-order chi connectivity index (χ1) is 11.6. The summed E-state index contributed by atoms with van der Waals surface area (Å²) in [5.74, 6) is 2.01. The first-order valence-corrected chi connectivity index (χ1v) is 8.17. The molecule has 2 aromatic rings. The number of hydrogen-bond donors (Lipinski definition) is 1. The van der Waals surface area contributed by atoms with Crippen LogP contribution in [-0.4, -0.2) is 35.1 Å². The van der Waals surface area contributed by atoms with Gasteiger partial charge >= 0.3 is 0 Å². The fraction of sp³-hybridized carbons (Fsp3) is 0.167. The van der Waals surface area contributed by atoms with Crippen LogP contribution in [-0.2, 0) is 0 Å². The Balaban J connectivity index is 1.83. The van der Waals surface area contributed by atoms with Gasteiger partial charge in [-0.15, -0.1) is 6.58 Å². The molecule has 1 amide bonds. The lowest BCUT2D eigenvalue weighted by atomic mass is 10.2. The maximum absolute atomic E-state index is 11.9. The smallest absolute Gasteiger partial charge is 0.288 e. The van der Waals surface area contributed by atoms with Gasteiger partial charge in [0.25, 0.3) is 5.24 Å². The van der Waals surface area contributed by atoms with Crippen molar-refractivity contribution in [2.45, 2.75) is 6.23 Å². The molecule has 24 heavy (non-hydrogen) atoms. The number of ether oxygens (including phenoxy) is 1. The minimum absolute atomic E-state index is 0.201. The highest BCUT2D eigenvalue weighted by Crippen LogP contribution is 2.36. The molecular formula is C18H17NO4S. The van der Waals surface area contributed by atoms with Crippen molar-refractivity contribution in [3.8, 4) is 17.1 Å². The Hall–Kier alpha value is -2.44. The van der Waals surface area contributed by atoms with Gasteiger partial charge < -0.3 is 14.3 Å². The predicted molar refractivity (Wildman–Crippen MR) is 94.6 cm³/mol. The number of amides is 1. The van der Waals surface area contributed by atoms with Crippen molar-refractivity contribution < 1.29 is 19.1 Å². The lowest BCUT2D eigenvalue weighted by Gasteiger charge is -2.16. The molecule has 5 nitrogen and oxygen atoms in total. The average molecular weight is 343 g/mol. The van der Waals surface area contributed by atoms with Crippen LogP contribution in [0.4, 0.5) is 4.79 Å². The normalized spacial score (nSPS) is 19.1. The number of rotatable bonds is 5. The highest BCUT2D eigenvalue weighted by atomic mass is 32.2. The summed E-state index contributed by atoms with van der Waals surface area (Å²) in [6, 6.07) is 11.2. The topological polar surface area (TPSA) is 62.9 Å². The molecule has 0 aliphatic carbocycles. The molecule has 0 bridgehead atoms.